The van der Waals surface area contributed by atoms with Gasteiger partial charge >= 0.3 is 0 Å². The smallest absolute Gasteiger partial charge is 0.0699 e. The van der Waals surface area contributed by atoms with Crippen LogP contribution < -0.4 is 5.32 Å². The first kappa shape index (κ1) is 13.7. The molecule has 0 saturated heterocycles. The first-order valence-corrected chi connectivity index (χ1v) is 5.67. The highest BCUT2D eigenvalue weighted by Crippen LogP contribution is 2.04. The fourth-order valence-electron chi connectivity index (χ4n) is 1.27. The van der Waals surface area contributed by atoms with E-state index in [0.717, 1.165) is 32.5 Å². The highest BCUT2D eigenvalue weighted by atomic mass is 16.5. The van der Waals surface area contributed by atoms with Gasteiger partial charge in [-0.25, -0.2) is 0 Å². The molecular formula is C12H25NO. The number of hydrogen-bond acceptors (Lipinski definition) is 2. The summed E-state index contributed by atoms with van der Waals surface area (Å²) in [4.78, 5) is 0. The minimum absolute atomic E-state index is 0.374. The van der Waals surface area contributed by atoms with E-state index in [4.69, 9.17) is 4.74 Å². The van der Waals surface area contributed by atoms with Crippen LogP contribution in [-0.2, 0) is 4.74 Å². The Bertz CT molecular complexity index is 145. The molecule has 0 amide bonds. The van der Waals surface area contributed by atoms with Crippen molar-refractivity contribution in [1.82, 2.24) is 5.32 Å². The van der Waals surface area contributed by atoms with E-state index in [1.807, 2.05) is 6.92 Å². The van der Waals surface area contributed by atoms with Crippen LogP contribution in [0, 0.1) is 0 Å². The minimum Gasteiger partial charge on any atom is -0.377 e. The van der Waals surface area contributed by atoms with Crippen molar-refractivity contribution in [3.8, 4) is 0 Å². The van der Waals surface area contributed by atoms with E-state index in [9.17, 15) is 0 Å². The Kier molecular flexibility index (Phi) is 9.00. The molecule has 0 spiro atoms. The molecule has 0 rings (SSSR count). The van der Waals surface area contributed by atoms with Gasteiger partial charge in [0.15, 0.2) is 0 Å². The van der Waals surface area contributed by atoms with Crippen molar-refractivity contribution in [2.24, 2.45) is 0 Å². The van der Waals surface area contributed by atoms with Gasteiger partial charge in [0, 0.05) is 6.54 Å². The van der Waals surface area contributed by atoms with E-state index in [1.165, 1.54) is 12.0 Å². The average Bonchev–Trinajstić information content (AvgIpc) is 2.13. The van der Waals surface area contributed by atoms with Crippen LogP contribution in [0.25, 0.3) is 0 Å². The monoisotopic (exact) mass is 199 g/mol. The average molecular weight is 199 g/mol. The summed E-state index contributed by atoms with van der Waals surface area (Å²) in [6.45, 7) is 13.0. The Morgan fingerprint density at radius 3 is 2.64 bits per heavy atom. The van der Waals surface area contributed by atoms with Gasteiger partial charge in [-0.1, -0.05) is 25.8 Å². The Labute approximate surface area is 88.7 Å². The Hall–Kier alpha value is -0.340. The van der Waals surface area contributed by atoms with Gasteiger partial charge in [-0.15, -0.1) is 6.58 Å². The van der Waals surface area contributed by atoms with Crippen molar-refractivity contribution in [1.29, 1.82) is 0 Å². The van der Waals surface area contributed by atoms with Crippen molar-refractivity contribution in [3.05, 3.63) is 12.2 Å². The van der Waals surface area contributed by atoms with E-state index in [2.05, 4.69) is 25.7 Å². The molecule has 0 radical (unpaired) electrons. The molecule has 1 atom stereocenters. The molecule has 2 nitrogen and oxygen atoms in total. The van der Waals surface area contributed by atoms with Crippen molar-refractivity contribution in [3.63, 3.8) is 0 Å². The molecule has 0 aliphatic rings. The summed E-state index contributed by atoms with van der Waals surface area (Å²) in [7, 11) is 0. The summed E-state index contributed by atoms with van der Waals surface area (Å²) in [5.41, 5.74) is 1.20. The molecule has 0 saturated carbocycles. The topological polar surface area (TPSA) is 21.3 Å². The van der Waals surface area contributed by atoms with Crippen molar-refractivity contribution in [2.45, 2.75) is 46.1 Å². The zero-order valence-corrected chi connectivity index (χ0v) is 9.94. The lowest BCUT2D eigenvalue weighted by molar-refractivity contribution is 0.0495. The summed E-state index contributed by atoms with van der Waals surface area (Å²) < 4.78 is 5.77. The fourth-order valence-corrected chi connectivity index (χ4v) is 1.27. The minimum atomic E-state index is 0.374. The van der Waals surface area contributed by atoms with Gasteiger partial charge in [0.25, 0.3) is 0 Å². The van der Waals surface area contributed by atoms with Crippen LogP contribution in [0.1, 0.15) is 40.0 Å². The van der Waals surface area contributed by atoms with Gasteiger partial charge in [0.1, 0.15) is 0 Å². The van der Waals surface area contributed by atoms with E-state index in [0.29, 0.717) is 6.10 Å². The molecule has 0 bridgehead atoms. The maximum Gasteiger partial charge on any atom is 0.0699 e. The Morgan fingerprint density at radius 2 is 2.14 bits per heavy atom. The van der Waals surface area contributed by atoms with Gasteiger partial charge in [0.05, 0.1) is 12.7 Å². The van der Waals surface area contributed by atoms with Crippen LogP contribution in [0.4, 0.5) is 0 Å². The molecule has 0 heterocycles. The second-order valence-electron chi connectivity index (χ2n) is 3.80. The van der Waals surface area contributed by atoms with Gasteiger partial charge in [0.2, 0.25) is 0 Å². The molecule has 0 aliphatic carbocycles. The van der Waals surface area contributed by atoms with Crippen molar-refractivity contribution in [2.75, 3.05) is 19.7 Å². The first-order chi connectivity index (χ1) is 6.70. The zero-order valence-electron chi connectivity index (χ0n) is 9.94. The third-order valence-electron chi connectivity index (χ3n) is 2.12. The summed E-state index contributed by atoms with van der Waals surface area (Å²) in [5, 5.41) is 3.32. The number of nitrogens with one attached hydrogen (secondary N) is 1. The van der Waals surface area contributed by atoms with Crippen LogP contribution in [0.2, 0.25) is 0 Å². The van der Waals surface area contributed by atoms with Gasteiger partial charge < -0.3 is 10.1 Å². The van der Waals surface area contributed by atoms with Crippen LogP contribution in [0.3, 0.4) is 0 Å². The molecule has 1 N–H and O–H groups in total. The molecule has 0 aliphatic heterocycles. The lowest BCUT2D eigenvalue weighted by Gasteiger charge is -2.17. The molecule has 14 heavy (non-hydrogen) atoms. The van der Waals surface area contributed by atoms with E-state index >= 15 is 0 Å². The zero-order chi connectivity index (χ0) is 10.8. The maximum absolute atomic E-state index is 5.77. The van der Waals surface area contributed by atoms with Crippen LogP contribution in [-0.4, -0.2) is 25.8 Å². The van der Waals surface area contributed by atoms with Crippen molar-refractivity contribution < 1.29 is 4.74 Å². The van der Waals surface area contributed by atoms with Crippen LogP contribution in [0.5, 0.6) is 0 Å². The molecule has 2 heteroatoms. The molecule has 84 valence electrons. The first-order valence-electron chi connectivity index (χ1n) is 5.67. The number of likely N-dealkylation sites (N-methyl/N-ethyl adjacent to an activating group) is 1. The largest absolute Gasteiger partial charge is 0.377 e. The third-order valence-corrected chi connectivity index (χ3v) is 2.12. The van der Waals surface area contributed by atoms with Gasteiger partial charge in [-0.05, 0) is 26.3 Å². The summed E-state index contributed by atoms with van der Waals surface area (Å²) in [5.74, 6) is 0. The number of rotatable bonds is 9. The summed E-state index contributed by atoms with van der Waals surface area (Å²) >= 11 is 0. The third kappa shape index (κ3) is 8.27. The maximum atomic E-state index is 5.77. The molecule has 0 aromatic rings. The highest BCUT2D eigenvalue weighted by Gasteiger charge is 2.06. The van der Waals surface area contributed by atoms with Crippen LogP contribution in [0.15, 0.2) is 12.2 Å². The lowest BCUT2D eigenvalue weighted by atomic mass is 10.2. The van der Waals surface area contributed by atoms with E-state index in [1.54, 1.807) is 0 Å². The highest BCUT2D eigenvalue weighted by molar-refractivity contribution is 4.87. The second-order valence-corrected chi connectivity index (χ2v) is 3.80. The fraction of sp³-hybridized carbons (Fsp3) is 0.833. The SMILES string of the molecule is C=C(C)CCOC(CCC)CNCC. The predicted molar refractivity (Wildman–Crippen MR) is 62.6 cm³/mol. The molecule has 0 fully saturated rings. The van der Waals surface area contributed by atoms with Crippen LogP contribution >= 0.6 is 0 Å². The normalized spacial score (nSPS) is 12.8. The Balaban J connectivity index is 3.55. The van der Waals surface area contributed by atoms with Crippen molar-refractivity contribution >= 4 is 0 Å². The lowest BCUT2D eigenvalue weighted by Crippen LogP contribution is -2.29. The van der Waals surface area contributed by atoms with Gasteiger partial charge in [-0.3, -0.25) is 0 Å². The second kappa shape index (κ2) is 9.22. The quantitative estimate of drug-likeness (QED) is 0.577. The number of ether oxygens (including phenoxy) is 1. The number of hydrogen-bond donors (Lipinski definition) is 1. The molecule has 1 unspecified atom stereocenters. The standard InChI is InChI=1S/C12H25NO/c1-5-7-12(10-13-6-2)14-9-8-11(3)4/h12-13H,3,5-10H2,1-2,4H3. The molecular weight excluding hydrogens is 174 g/mol. The van der Waals surface area contributed by atoms with Gasteiger partial charge in [-0.2, -0.15) is 0 Å². The Morgan fingerprint density at radius 1 is 1.43 bits per heavy atom. The van der Waals surface area contributed by atoms with E-state index < -0.39 is 0 Å². The molecule has 0 aromatic carbocycles. The predicted octanol–water partition coefficient (Wildman–Crippen LogP) is 2.75. The summed E-state index contributed by atoms with van der Waals surface area (Å²) in [6.07, 6.45) is 3.68. The van der Waals surface area contributed by atoms with E-state index in [-0.39, 0.29) is 0 Å². The molecule has 0 aromatic heterocycles. The summed E-state index contributed by atoms with van der Waals surface area (Å²) in [6, 6.07) is 0.